The van der Waals surface area contributed by atoms with Crippen LogP contribution in [-0.4, -0.2) is 33.4 Å². The van der Waals surface area contributed by atoms with E-state index in [1.165, 1.54) is 22.9 Å². The molecule has 0 aliphatic carbocycles. The van der Waals surface area contributed by atoms with Crippen LogP contribution in [0.4, 0.5) is 18.9 Å². The minimum absolute atomic E-state index is 0.0980. The third-order valence-electron chi connectivity index (χ3n) is 7.63. The predicted molar refractivity (Wildman–Crippen MR) is 171 cm³/mol. The average molecular weight is 634 g/mol. The fourth-order valence-corrected chi connectivity index (χ4v) is 5.11. The van der Waals surface area contributed by atoms with Gasteiger partial charge in [0.1, 0.15) is 5.60 Å². The van der Waals surface area contributed by atoms with Gasteiger partial charge >= 0.3 is 12.1 Å². The maximum absolute atomic E-state index is 14.0. The van der Waals surface area contributed by atoms with Crippen LogP contribution < -0.4 is 10.9 Å². The van der Waals surface area contributed by atoms with E-state index in [0.717, 1.165) is 18.1 Å². The minimum Gasteiger partial charge on any atom is -0.460 e. The zero-order valence-corrected chi connectivity index (χ0v) is 26.5. The van der Waals surface area contributed by atoms with Gasteiger partial charge in [-0.1, -0.05) is 73.7 Å². The molecule has 0 bridgehead atoms. The molecule has 242 valence electrons. The second kappa shape index (κ2) is 14.1. The zero-order chi connectivity index (χ0) is 33.6. The topological polar surface area (TPSA) is 90.3 Å². The first-order valence-corrected chi connectivity index (χ1v) is 15.0. The number of amides is 1. The number of aryl methyl sites for hydroxylation is 1. The van der Waals surface area contributed by atoms with Crippen molar-refractivity contribution in [3.63, 3.8) is 0 Å². The highest BCUT2D eigenvalue weighted by Gasteiger charge is 2.45. The summed E-state index contributed by atoms with van der Waals surface area (Å²) in [4.78, 5) is 38.3. The van der Waals surface area contributed by atoms with E-state index in [1.54, 1.807) is 64.1 Å². The average Bonchev–Trinajstić information content (AvgIpc) is 2.99. The largest absolute Gasteiger partial charge is 0.460 e. The molecule has 4 rings (SSSR count). The molecule has 2 unspecified atom stereocenters. The van der Waals surface area contributed by atoms with Gasteiger partial charge in [0.15, 0.2) is 0 Å². The molecule has 0 saturated heterocycles. The summed E-state index contributed by atoms with van der Waals surface area (Å²) in [6.45, 7) is 8.17. The van der Waals surface area contributed by atoms with Crippen molar-refractivity contribution in [3.8, 4) is 11.3 Å². The normalized spacial score (nSPS) is 13.1. The molecule has 2 atom stereocenters. The van der Waals surface area contributed by atoms with E-state index < -0.39 is 29.5 Å². The summed E-state index contributed by atoms with van der Waals surface area (Å²) in [6, 6.07) is 23.7. The van der Waals surface area contributed by atoms with Crippen molar-refractivity contribution in [2.75, 3.05) is 5.32 Å². The van der Waals surface area contributed by atoms with E-state index in [9.17, 15) is 27.6 Å². The molecule has 1 aromatic heterocycles. The molecular weight excluding hydrogens is 595 g/mol. The summed E-state index contributed by atoms with van der Waals surface area (Å²) in [7, 11) is 0. The first-order chi connectivity index (χ1) is 21.6. The number of hydrogen-bond donors (Lipinski definition) is 1. The molecule has 1 amide bonds. The molecule has 1 N–H and O–H groups in total. The molecule has 10 heteroatoms. The number of carbonyl (C=O) groups excluding carboxylic acids is 2. The molecule has 7 nitrogen and oxygen atoms in total. The molecule has 0 radical (unpaired) electrons. The maximum atomic E-state index is 14.0. The van der Waals surface area contributed by atoms with Crippen LogP contribution in [0.1, 0.15) is 62.3 Å². The number of hydrogen-bond acceptors (Lipinski definition) is 5. The van der Waals surface area contributed by atoms with Crippen LogP contribution in [0.2, 0.25) is 0 Å². The Morgan fingerprint density at radius 1 is 0.913 bits per heavy atom. The number of aromatic nitrogens is 2. The molecule has 4 aromatic rings. The fourth-order valence-electron chi connectivity index (χ4n) is 5.11. The van der Waals surface area contributed by atoms with Gasteiger partial charge in [0.05, 0.1) is 24.1 Å². The number of benzene rings is 3. The predicted octanol–water partition coefficient (Wildman–Crippen LogP) is 7.46. The lowest BCUT2D eigenvalue weighted by atomic mass is 9.85. The lowest BCUT2D eigenvalue weighted by Crippen LogP contribution is -2.34. The molecule has 0 aliphatic heterocycles. The van der Waals surface area contributed by atoms with Gasteiger partial charge in [0.25, 0.3) is 5.56 Å². The number of ether oxygens (including phenoxy) is 1. The van der Waals surface area contributed by atoms with E-state index >= 15 is 0 Å². The van der Waals surface area contributed by atoms with E-state index in [4.69, 9.17) is 4.74 Å². The van der Waals surface area contributed by atoms with Gasteiger partial charge in [-0.15, -0.1) is 0 Å². The molecule has 0 spiro atoms. The lowest BCUT2D eigenvalue weighted by molar-refractivity contribution is -0.178. The molecule has 1 heterocycles. The summed E-state index contributed by atoms with van der Waals surface area (Å²) in [6.07, 6.45) is -4.17. The van der Waals surface area contributed by atoms with Crippen LogP contribution >= 0.6 is 0 Å². The van der Waals surface area contributed by atoms with E-state index in [0.29, 0.717) is 28.9 Å². The number of esters is 1. The number of carbonyl (C=O) groups is 2. The van der Waals surface area contributed by atoms with Crippen LogP contribution in [0.15, 0.2) is 89.7 Å². The number of nitrogens with one attached hydrogen (secondary N) is 1. The van der Waals surface area contributed by atoms with Crippen LogP contribution in [0.25, 0.3) is 11.3 Å². The SMILES string of the molecule is Cc1c(CCC(=O)OC(C)(C)C)cccc1NC(=O)C(c1ccc(Cn2nc(-c3ccccc3)ccc2=O)cc1)C(C)C(F)(F)F. The van der Waals surface area contributed by atoms with Crippen LogP contribution in [0.3, 0.4) is 0 Å². The summed E-state index contributed by atoms with van der Waals surface area (Å²) < 4.78 is 48.8. The Kier molecular flexibility index (Phi) is 10.5. The van der Waals surface area contributed by atoms with Crippen LogP contribution in [0, 0.1) is 12.8 Å². The highest BCUT2D eigenvalue weighted by atomic mass is 19.4. The Morgan fingerprint density at radius 2 is 1.59 bits per heavy atom. The molecule has 0 aliphatic rings. The third kappa shape index (κ3) is 8.93. The Morgan fingerprint density at radius 3 is 2.22 bits per heavy atom. The van der Waals surface area contributed by atoms with E-state index in [2.05, 4.69) is 10.4 Å². The molecule has 0 saturated carbocycles. The highest BCUT2D eigenvalue weighted by Crippen LogP contribution is 2.38. The second-order valence-corrected chi connectivity index (χ2v) is 12.3. The number of alkyl halides is 3. The molecule has 0 fully saturated rings. The van der Waals surface area contributed by atoms with Crippen LogP contribution in [0.5, 0.6) is 0 Å². The standard InChI is InChI=1S/C36H38F3N3O4/c1-23-26(18-21-32(44)46-35(3,4)5)12-9-13-29(23)40-34(45)33(24(2)36(37,38)39)28-16-14-25(15-17-28)22-42-31(43)20-19-30(41-42)27-10-7-6-8-11-27/h6-17,19-20,24,33H,18,21-22H2,1-5H3,(H,40,45). The smallest absolute Gasteiger partial charge is 0.392 e. The third-order valence-corrected chi connectivity index (χ3v) is 7.63. The van der Waals surface area contributed by atoms with Gasteiger partial charge in [-0.05, 0) is 68.5 Å². The fraction of sp³-hybridized carbons (Fsp3) is 0.333. The van der Waals surface area contributed by atoms with Gasteiger partial charge < -0.3 is 10.1 Å². The van der Waals surface area contributed by atoms with Crippen molar-refractivity contribution in [3.05, 3.63) is 118 Å². The molecular formula is C36H38F3N3O4. The van der Waals surface area contributed by atoms with Gasteiger partial charge in [0, 0.05) is 23.7 Å². The quantitative estimate of drug-likeness (QED) is 0.183. The number of rotatable bonds is 10. The maximum Gasteiger partial charge on any atom is 0.392 e. The van der Waals surface area contributed by atoms with Gasteiger partial charge in [-0.25, -0.2) is 4.68 Å². The van der Waals surface area contributed by atoms with E-state index in [-0.39, 0.29) is 30.1 Å². The van der Waals surface area contributed by atoms with Crippen molar-refractivity contribution >= 4 is 17.6 Å². The number of anilines is 1. The van der Waals surface area contributed by atoms with Gasteiger partial charge in [-0.2, -0.15) is 18.3 Å². The van der Waals surface area contributed by atoms with Crippen molar-refractivity contribution in [1.82, 2.24) is 9.78 Å². The van der Waals surface area contributed by atoms with Crippen molar-refractivity contribution in [1.29, 1.82) is 0 Å². The summed E-state index contributed by atoms with van der Waals surface area (Å²) >= 11 is 0. The lowest BCUT2D eigenvalue weighted by Gasteiger charge is -2.26. The number of halogens is 3. The number of nitrogens with zero attached hydrogens (tertiary/aromatic N) is 2. The summed E-state index contributed by atoms with van der Waals surface area (Å²) in [5, 5.41) is 7.15. The summed E-state index contributed by atoms with van der Waals surface area (Å²) in [5.74, 6) is -4.70. The van der Waals surface area contributed by atoms with Crippen LogP contribution in [-0.2, 0) is 27.3 Å². The first kappa shape index (κ1) is 34.1. The second-order valence-electron chi connectivity index (χ2n) is 12.3. The molecule has 46 heavy (non-hydrogen) atoms. The van der Waals surface area contributed by atoms with Crippen molar-refractivity contribution < 1.29 is 27.5 Å². The van der Waals surface area contributed by atoms with E-state index in [1.807, 2.05) is 30.3 Å². The Hall–Kier alpha value is -4.73. The Balaban J connectivity index is 1.54. The monoisotopic (exact) mass is 633 g/mol. The van der Waals surface area contributed by atoms with Gasteiger partial charge in [0.2, 0.25) is 5.91 Å². The molecule has 3 aromatic carbocycles. The Labute approximate surface area is 266 Å². The highest BCUT2D eigenvalue weighted by molar-refractivity contribution is 5.97. The zero-order valence-electron chi connectivity index (χ0n) is 26.5. The minimum atomic E-state index is -4.64. The van der Waals surface area contributed by atoms with Crippen molar-refractivity contribution in [2.45, 2.75) is 71.7 Å². The van der Waals surface area contributed by atoms with Gasteiger partial charge in [-0.3, -0.25) is 14.4 Å². The Bertz CT molecular complexity index is 1730. The summed E-state index contributed by atoms with van der Waals surface area (Å²) in [5.41, 5.74) is 3.12. The van der Waals surface area contributed by atoms with Crippen molar-refractivity contribution in [2.24, 2.45) is 5.92 Å². The first-order valence-electron chi connectivity index (χ1n) is 15.0.